The lowest BCUT2D eigenvalue weighted by Crippen LogP contribution is -2.27. The van der Waals surface area contributed by atoms with E-state index in [0.29, 0.717) is 31.9 Å². The van der Waals surface area contributed by atoms with Crippen molar-refractivity contribution in [3.05, 3.63) is 29.6 Å². The molecule has 0 amide bonds. The number of hydrogen-bond acceptors (Lipinski definition) is 4. The fraction of sp³-hybridized carbons (Fsp3) is 0.533. The smallest absolute Gasteiger partial charge is 0.304 e. The van der Waals surface area contributed by atoms with Crippen LogP contribution < -0.4 is 4.90 Å². The standard InChI is InChI=1S/C15H23FN2O3/c1-3-18(8-9-19)14-10-12(4-5-13(14)16)11-17(2)7-6-15(20)21/h4-5,10,19H,3,6-9,11H2,1-2H3,(H,20,21). The molecule has 0 aliphatic carbocycles. The maximum absolute atomic E-state index is 13.9. The predicted octanol–water partition coefficient (Wildman–Crippen LogP) is 1.55. The second-order valence-electron chi connectivity index (χ2n) is 4.97. The van der Waals surface area contributed by atoms with Gasteiger partial charge in [0.1, 0.15) is 5.82 Å². The van der Waals surface area contributed by atoms with Crippen LogP contribution >= 0.6 is 0 Å². The fourth-order valence-corrected chi connectivity index (χ4v) is 2.15. The summed E-state index contributed by atoms with van der Waals surface area (Å²) in [7, 11) is 1.83. The Morgan fingerprint density at radius 1 is 1.33 bits per heavy atom. The van der Waals surface area contributed by atoms with Crippen molar-refractivity contribution in [3.63, 3.8) is 0 Å². The van der Waals surface area contributed by atoms with Gasteiger partial charge in [0, 0.05) is 26.2 Å². The largest absolute Gasteiger partial charge is 0.481 e. The highest BCUT2D eigenvalue weighted by atomic mass is 19.1. The third-order valence-electron chi connectivity index (χ3n) is 3.26. The normalized spacial score (nSPS) is 10.9. The number of rotatable bonds is 9. The van der Waals surface area contributed by atoms with E-state index in [0.717, 1.165) is 5.56 Å². The molecule has 0 spiro atoms. The first-order chi connectivity index (χ1) is 9.97. The summed E-state index contributed by atoms with van der Waals surface area (Å²) >= 11 is 0. The number of nitrogens with zero attached hydrogens (tertiary/aromatic N) is 2. The Morgan fingerprint density at radius 3 is 2.62 bits per heavy atom. The van der Waals surface area contributed by atoms with Crippen LogP contribution in [-0.2, 0) is 11.3 Å². The van der Waals surface area contributed by atoms with Gasteiger partial charge in [-0.05, 0) is 31.7 Å². The summed E-state index contributed by atoms with van der Waals surface area (Å²) in [4.78, 5) is 14.2. The summed E-state index contributed by atoms with van der Waals surface area (Å²) in [5.74, 6) is -1.15. The first-order valence-electron chi connectivity index (χ1n) is 7.02. The molecule has 0 aliphatic heterocycles. The first-order valence-corrected chi connectivity index (χ1v) is 7.02. The second-order valence-corrected chi connectivity index (χ2v) is 4.97. The number of anilines is 1. The summed E-state index contributed by atoms with van der Waals surface area (Å²) in [5, 5.41) is 17.7. The molecule has 0 aliphatic rings. The molecule has 0 unspecified atom stereocenters. The summed E-state index contributed by atoms with van der Waals surface area (Å²) < 4.78 is 13.9. The molecule has 0 aromatic heterocycles. The molecule has 5 nitrogen and oxygen atoms in total. The molecule has 0 fully saturated rings. The van der Waals surface area contributed by atoms with Crippen LogP contribution in [0.3, 0.4) is 0 Å². The van der Waals surface area contributed by atoms with Gasteiger partial charge in [0.15, 0.2) is 0 Å². The van der Waals surface area contributed by atoms with Crippen molar-refractivity contribution in [2.75, 3.05) is 38.2 Å². The topological polar surface area (TPSA) is 64.0 Å². The number of aliphatic hydroxyl groups is 1. The van der Waals surface area contributed by atoms with E-state index in [2.05, 4.69) is 0 Å². The van der Waals surface area contributed by atoms with Crippen LogP contribution in [0.15, 0.2) is 18.2 Å². The molecule has 0 heterocycles. The number of carboxylic acid groups (broad SMARTS) is 1. The van der Waals surface area contributed by atoms with E-state index in [4.69, 9.17) is 10.2 Å². The van der Waals surface area contributed by atoms with Crippen LogP contribution in [0.1, 0.15) is 18.9 Å². The zero-order chi connectivity index (χ0) is 15.8. The highest BCUT2D eigenvalue weighted by Crippen LogP contribution is 2.21. The van der Waals surface area contributed by atoms with E-state index >= 15 is 0 Å². The Labute approximate surface area is 124 Å². The Kier molecular flexibility index (Phi) is 7.11. The van der Waals surface area contributed by atoms with Crippen LogP contribution in [0, 0.1) is 5.82 Å². The van der Waals surface area contributed by atoms with E-state index in [1.807, 2.05) is 18.9 Å². The van der Waals surface area contributed by atoms with Crippen molar-refractivity contribution >= 4 is 11.7 Å². The minimum Gasteiger partial charge on any atom is -0.481 e. The molecule has 0 bridgehead atoms. The first kappa shape index (κ1) is 17.4. The summed E-state index contributed by atoms with van der Waals surface area (Å²) in [6.07, 6.45) is 0.0795. The van der Waals surface area contributed by atoms with E-state index in [-0.39, 0.29) is 18.8 Å². The number of halogens is 1. The molecule has 1 aromatic rings. The van der Waals surface area contributed by atoms with Crippen molar-refractivity contribution in [1.29, 1.82) is 0 Å². The summed E-state index contributed by atoms with van der Waals surface area (Å²) in [6, 6.07) is 4.87. The average Bonchev–Trinajstić information content (AvgIpc) is 2.45. The van der Waals surface area contributed by atoms with Gasteiger partial charge in [0.25, 0.3) is 0 Å². The SMILES string of the molecule is CCN(CCO)c1cc(CN(C)CCC(=O)O)ccc1F. The number of benzene rings is 1. The van der Waals surface area contributed by atoms with E-state index in [1.165, 1.54) is 6.07 Å². The molecule has 118 valence electrons. The van der Waals surface area contributed by atoms with Gasteiger partial charge in [-0.15, -0.1) is 0 Å². The quantitative estimate of drug-likeness (QED) is 0.724. The Bertz CT molecular complexity index is 468. The molecular weight excluding hydrogens is 275 g/mol. The van der Waals surface area contributed by atoms with Crippen molar-refractivity contribution < 1.29 is 19.4 Å². The minimum atomic E-state index is -0.832. The maximum Gasteiger partial charge on any atom is 0.304 e. The number of aliphatic hydroxyl groups excluding tert-OH is 1. The van der Waals surface area contributed by atoms with Gasteiger partial charge in [-0.25, -0.2) is 4.39 Å². The molecule has 2 N–H and O–H groups in total. The number of aliphatic carboxylic acids is 1. The van der Waals surface area contributed by atoms with Gasteiger partial charge in [-0.3, -0.25) is 4.79 Å². The zero-order valence-electron chi connectivity index (χ0n) is 12.5. The van der Waals surface area contributed by atoms with Gasteiger partial charge in [0.2, 0.25) is 0 Å². The van der Waals surface area contributed by atoms with Gasteiger partial charge in [-0.1, -0.05) is 6.07 Å². The Balaban J connectivity index is 2.78. The Hall–Kier alpha value is -1.66. The van der Waals surface area contributed by atoms with Crippen LogP contribution in [0.4, 0.5) is 10.1 Å². The highest BCUT2D eigenvalue weighted by molar-refractivity contribution is 5.66. The number of likely N-dealkylation sites (N-methyl/N-ethyl adjacent to an activating group) is 1. The lowest BCUT2D eigenvalue weighted by molar-refractivity contribution is -0.137. The van der Waals surface area contributed by atoms with Crippen LogP contribution in [0.5, 0.6) is 0 Å². The molecular formula is C15H23FN2O3. The monoisotopic (exact) mass is 298 g/mol. The molecule has 1 aromatic carbocycles. The van der Waals surface area contributed by atoms with Crippen molar-refractivity contribution in [2.45, 2.75) is 19.9 Å². The number of hydrogen-bond donors (Lipinski definition) is 2. The maximum atomic E-state index is 13.9. The number of carbonyl (C=O) groups is 1. The van der Waals surface area contributed by atoms with Gasteiger partial charge in [-0.2, -0.15) is 0 Å². The molecule has 1 rings (SSSR count). The summed E-state index contributed by atoms with van der Waals surface area (Å²) in [5.41, 5.74) is 1.38. The predicted molar refractivity (Wildman–Crippen MR) is 80.0 cm³/mol. The van der Waals surface area contributed by atoms with E-state index in [9.17, 15) is 9.18 Å². The minimum absolute atomic E-state index is 0.0317. The lowest BCUT2D eigenvalue weighted by atomic mass is 10.1. The fourth-order valence-electron chi connectivity index (χ4n) is 2.15. The third-order valence-corrected chi connectivity index (χ3v) is 3.26. The van der Waals surface area contributed by atoms with Crippen LogP contribution in [0.2, 0.25) is 0 Å². The van der Waals surface area contributed by atoms with Gasteiger partial charge in [0.05, 0.1) is 18.7 Å². The van der Waals surface area contributed by atoms with Crippen LogP contribution in [0.25, 0.3) is 0 Å². The van der Waals surface area contributed by atoms with Crippen molar-refractivity contribution in [2.24, 2.45) is 0 Å². The average molecular weight is 298 g/mol. The van der Waals surface area contributed by atoms with Gasteiger partial charge >= 0.3 is 5.97 Å². The van der Waals surface area contributed by atoms with Gasteiger partial charge < -0.3 is 20.0 Å². The molecule has 0 radical (unpaired) electrons. The Morgan fingerprint density at radius 2 is 2.05 bits per heavy atom. The molecule has 6 heteroatoms. The molecule has 0 saturated carbocycles. The highest BCUT2D eigenvalue weighted by Gasteiger charge is 2.11. The van der Waals surface area contributed by atoms with Crippen molar-refractivity contribution in [1.82, 2.24) is 4.90 Å². The van der Waals surface area contributed by atoms with E-state index in [1.54, 1.807) is 17.0 Å². The molecule has 0 atom stereocenters. The zero-order valence-corrected chi connectivity index (χ0v) is 12.5. The van der Waals surface area contributed by atoms with Crippen LogP contribution in [-0.4, -0.2) is 54.4 Å². The number of carboxylic acids is 1. The third kappa shape index (κ3) is 5.69. The molecule has 0 saturated heterocycles. The second kappa shape index (κ2) is 8.59. The summed E-state index contributed by atoms with van der Waals surface area (Å²) in [6.45, 7) is 3.85. The lowest BCUT2D eigenvalue weighted by Gasteiger charge is -2.24. The van der Waals surface area contributed by atoms with Crippen molar-refractivity contribution in [3.8, 4) is 0 Å². The molecule has 21 heavy (non-hydrogen) atoms. The van der Waals surface area contributed by atoms with E-state index < -0.39 is 5.97 Å².